The van der Waals surface area contributed by atoms with Gasteiger partial charge in [0.15, 0.2) is 0 Å². The van der Waals surface area contributed by atoms with Gasteiger partial charge in [-0.15, -0.1) is 0 Å². The third-order valence-electron chi connectivity index (χ3n) is 2.77. The maximum Gasteiger partial charge on any atom is 0.0713 e. The fraction of sp³-hybridized carbons (Fsp3) is 0.727. The first-order valence-corrected chi connectivity index (χ1v) is 5.61. The molecule has 1 aromatic heterocycles. The molecule has 92 valence electrons. The van der Waals surface area contributed by atoms with Crippen molar-refractivity contribution in [2.75, 3.05) is 7.11 Å². The standard InChI is InChI=1S/C11H22N4O/c1-8(2)15-6-5-10(14-15)7-11(13-12)9(3)16-4/h5-6,8-9,11,13H,7,12H2,1-4H3. The molecule has 0 aromatic carbocycles. The molecule has 0 fully saturated rings. The zero-order chi connectivity index (χ0) is 12.1. The van der Waals surface area contributed by atoms with Crippen molar-refractivity contribution in [3.63, 3.8) is 0 Å². The number of nitrogens with one attached hydrogen (secondary N) is 1. The molecular weight excluding hydrogens is 204 g/mol. The highest BCUT2D eigenvalue weighted by atomic mass is 16.5. The SMILES string of the molecule is COC(C)C(Cc1ccn(C(C)C)n1)NN. The monoisotopic (exact) mass is 226 g/mol. The normalized spacial score (nSPS) is 15.4. The summed E-state index contributed by atoms with van der Waals surface area (Å²) in [7, 11) is 1.68. The highest BCUT2D eigenvalue weighted by Crippen LogP contribution is 2.08. The molecule has 0 saturated heterocycles. The fourth-order valence-corrected chi connectivity index (χ4v) is 1.52. The van der Waals surface area contributed by atoms with Crippen LogP contribution < -0.4 is 11.3 Å². The second kappa shape index (κ2) is 5.98. The Balaban J connectivity index is 2.63. The average Bonchev–Trinajstić information content (AvgIpc) is 2.73. The van der Waals surface area contributed by atoms with E-state index in [2.05, 4.69) is 24.4 Å². The van der Waals surface area contributed by atoms with Crippen LogP contribution in [0.3, 0.4) is 0 Å². The minimum absolute atomic E-state index is 0.0641. The summed E-state index contributed by atoms with van der Waals surface area (Å²) >= 11 is 0. The molecule has 1 rings (SSSR count). The van der Waals surface area contributed by atoms with Crippen LogP contribution in [0.1, 0.15) is 32.5 Å². The predicted molar refractivity (Wildman–Crippen MR) is 63.9 cm³/mol. The topological polar surface area (TPSA) is 65.1 Å². The van der Waals surface area contributed by atoms with Gasteiger partial charge in [-0.1, -0.05) is 0 Å². The van der Waals surface area contributed by atoms with Crippen molar-refractivity contribution < 1.29 is 4.74 Å². The average molecular weight is 226 g/mol. The number of hydrogen-bond donors (Lipinski definition) is 2. The Morgan fingerprint density at radius 2 is 2.19 bits per heavy atom. The second-order valence-electron chi connectivity index (χ2n) is 4.30. The lowest BCUT2D eigenvalue weighted by Gasteiger charge is -2.20. The van der Waals surface area contributed by atoms with Crippen LogP contribution >= 0.6 is 0 Å². The van der Waals surface area contributed by atoms with Gasteiger partial charge in [-0.05, 0) is 26.8 Å². The maximum atomic E-state index is 5.50. The van der Waals surface area contributed by atoms with Gasteiger partial charge in [0, 0.05) is 25.8 Å². The van der Waals surface area contributed by atoms with Gasteiger partial charge < -0.3 is 4.74 Å². The summed E-state index contributed by atoms with van der Waals surface area (Å²) in [6.07, 6.45) is 2.82. The van der Waals surface area contributed by atoms with Crippen LogP contribution in [0.15, 0.2) is 12.3 Å². The third-order valence-corrected chi connectivity index (χ3v) is 2.77. The molecule has 0 spiro atoms. The zero-order valence-electron chi connectivity index (χ0n) is 10.5. The lowest BCUT2D eigenvalue weighted by molar-refractivity contribution is 0.0827. The number of aromatic nitrogens is 2. The van der Waals surface area contributed by atoms with E-state index in [1.54, 1.807) is 7.11 Å². The van der Waals surface area contributed by atoms with Gasteiger partial charge >= 0.3 is 0 Å². The summed E-state index contributed by atoms with van der Waals surface area (Å²) in [6, 6.07) is 2.49. The lowest BCUT2D eigenvalue weighted by atomic mass is 10.1. The fourth-order valence-electron chi connectivity index (χ4n) is 1.52. The Bertz CT molecular complexity index is 311. The smallest absolute Gasteiger partial charge is 0.0713 e. The number of rotatable bonds is 6. The second-order valence-corrected chi connectivity index (χ2v) is 4.30. The van der Waals surface area contributed by atoms with Crippen molar-refractivity contribution in [2.24, 2.45) is 5.84 Å². The molecule has 2 unspecified atom stereocenters. The summed E-state index contributed by atoms with van der Waals surface area (Å²) in [6.45, 7) is 6.20. The van der Waals surface area contributed by atoms with Crippen LogP contribution in [0, 0.1) is 0 Å². The molecule has 1 aromatic rings. The van der Waals surface area contributed by atoms with Crippen molar-refractivity contribution in [3.8, 4) is 0 Å². The van der Waals surface area contributed by atoms with Gasteiger partial charge in [-0.2, -0.15) is 5.10 Å². The zero-order valence-corrected chi connectivity index (χ0v) is 10.5. The Morgan fingerprint density at radius 3 is 2.62 bits per heavy atom. The van der Waals surface area contributed by atoms with E-state index in [-0.39, 0.29) is 12.1 Å². The van der Waals surface area contributed by atoms with E-state index in [0.717, 1.165) is 12.1 Å². The van der Waals surface area contributed by atoms with Gasteiger partial charge in [0.25, 0.3) is 0 Å². The van der Waals surface area contributed by atoms with Crippen molar-refractivity contribution in [1.29, 1.82) is 0 Å². The first-order chi connectivity index (χ1) is 7.58. The highest BCUT2D eigenvalue weighted by Gasteiger charge is 2.17. The van der Waals surface area contributed by atoms with Crippen LogP contribution in [0.5, 0.6) is 0 Å². The van der Waals surface area contributed by atoms with Crippen molar-refractivity contribution in [1.82, 2.24) is 15.2 Å². The molecule has 0 aliphatic carbocycles. The van der Waals surface area contributed by atoms with Crippen molar-refractivity contribution in [2.45, 2.75) is 45.4 Å². The molecule has 5 nitrogen and oxygen atoms in total. The molecule has 0 aliphatic heterocycles. The Kier molecular flexibility index (Phi) is 4.92. The molecule has 0 amide bonds. The number of nitrogens with two attached hydrogens (primary N) is 1. The largest absolute Gasteiger partial charge is 0.380 e. The molecule has 0 saturated carbocycles. The van der Waals surface area contributed by atoms with Gasteiger partial charge in [0.2, 0.25) is 0 Å². The molecule has 2 atom stereocenters. The molecule has 16 heavy (non-hydrogen) atoms. The predicted octanol–water partition coefficient (Wildman–Crippen LogP) is 0.873. The van der Waals surface area contributed by atoms with E-state index >= 15 is 0 Å². The lowest BCUT2D eigenvalue weighted by Crippen LogP contribution is -2.45. The summed E-state index contributed by atoms with van der Waals surface area (Å²) in [5.74, 6) is 5.50. The number of nitrogens with zero attached hydrogens (tertiary/aromatic N) is 2. The summed E-state index contributed by atoms with van der Waals surface area (Å²) in [4.78, 5) is 0. The van der Waals surface area contributed by atoms with Crippen LogP contribution in [0.25, 0.3) is 0 Å². The third kappa shape index (κ3) is 3.30. The maximum absolute atomic E-state index is 5.50. The van der Waals surface area contributed by atoms with Gasteiger partial charge in [-0.3, -0.25) is 16.0 Å². The molecule has 0 radical (unpaired) electrons. The number of hydrogen-bond acceptors (Lipinski definition) is 4. The minimum atomic E-state index is 0.0641. The molecule has 0 aliphatic rings. The van der Waals surface area contributed by atoms with Gasteiger partial charge in [0.05, 0.1) is 17.8 Å². The number of ether oxygens (including phenoxy) is 1. The first kappa shape index (κ1) is 13.2. The summed E-state index contributed by atoms with van der Waals surface area (Å²) in [5.41, 5.74) is 3.79. The molecule has 0 bridgehead atoms. The molecule has 5 heteroatoms. The van der Waals surface area contributed by atoms with E-state index in [4.69, 9.17) is 10.6 Å². The summed E-state index contributed by atoms with van der Waals surface area (Å²) in [5, 5.41) is 4.48. The first-order valence-electron chi connectivity index (χ1n) is 5.61. The highest BCUT2D eigenvalue weighted by molar-refractivity contribution is 5.02. The quantitative estimate of drug-likeness (QED) is 0.558. The molecule has 1 heterocycles. The van der Waals surface area contributed by atoms with Crippen molar-refractivity contribution >= 4 is 0 Å². The van der Waals surface area contributed by atoms with E-state index in [0.29, 0.717) is 6.04 Å². The van der Waals surface area contributed by atoms with Crippen LogP contribution in [0.4, 0.5) is 0 Å². The Morgan fingerprint density at radius 1 is 1.50 bits per heavy atom. The van der Waals surface area contributed by atoms with E-state index in [1.807, 2.05) is 23.9 Å². The van der Waals surface area contributed by atoms with E-state index in [9.17, 15) is 0 Å². The Hall–Kier alpha value is -0.910. The van der Waals surface area contributed by atoms with Crippen LogP contribution in [0.2, 0.25) is 0 Å². The van der Waals surface area contributed by atoms with Gasteiger partial charge in [0.1, 0.15) is 0 Å². The molecule has 3 N–H and O–H groups in total. The van der Waals surface area contributed by atoms with Crippen molar-refractivity contribution in [3.05, 3.63) is 18.0 Å². The molecular formula is C11H22N4O. The number of hydrazine groups is 1. The Labute approximate surface area is 96.9 Å². The number of methoxy groups -OCH3 is 1. The van der Waals surface area contributed by atoms with Gasteiger partial charge in [-0.25, -0.2) is 0 Å². The van der Waals surface area contributed by atoms with Crippen LogP contribution in [-0.4, -0.2) is 29.0 Å². The van der Waals surface area contributed by atoms with E-state index in [1.165, 1.54) is 0 Å². The van der Waals surface area contributed by atoms with Crippen LogP contribution in [-0.2, 0) is 11.2 Å². The minimum Gasteiger partial charge on any atom is -0.380 e. The van der Waals surface area contributed by atoms with E-state index < -0.39 is 0 Å². The summed E-state index contributed by atoms with van der Waals surface area (Å²) < 4.78 is 7.20.